The average molecular weight is 411 g/mol. The minimum Gasteiger partial charge on any atom is -0.493 e. The van der Waals surface area contributed by atoms with Crippen molar-refractivity contribution in [3.05, 3.63) is 23.5 Å². The maximum Gasteiger partial charge on any atom is 0.357 e. The predicted molar refractivity (Wildman–Crippen MR) is 108 cm³/mol. The highest BCUT2D eigenvalue weighted by atomic mass is 16.6. The Hall–Kier alpha value is -2.64. The predicted octanol–water partition coefficient (Wildman–Crippen LogP) is 3.96. The van der Waals surface area contributed by atoms with Crippen molar-refractivity contribution in [3.8, 4) is 5.75 Å². The molecule has 0 fully saturated rings. The van der Waals surface area contributed by atoms with E-state index in [4.69, 9.17) is 18.9 Å². The van der Waals surface area contributed by atoms with E-state index in [2.05, 4.69) is 4.98 Å². The largest absolute Gasteiger partial charge is 0.493 e. The zero-order chi connectivity index (χ0) is 22.4. The average Bonchev–Trinajstić information content (AvgIpc) is 2.65. The van der Waals surface area contributed by atoms with Crippen LogP contribution >= 0.6 is 0 Å². The summed E-state index contributed by atoms with van der Waals surface area (Å²) in [5, 5.41) is 0. The first-order valence-electron chi connectivity index (χ1n) is 9.87. The lowest BCUT2D eigenvalue weighted by molar-refractivity contribution is -0.155. The second-order valence-electron chi connectivity index (χ2n) is 6.55. The SMILES string of the molecule is CC.CCOC(=O)c1cc(OCCCC(=O)OC(C)(C)C)cc(C(=O)OCC)n1. The van der Waals surface area contributed by atoms with Crippen LogP contribution < -0.4 is 4.74 Å². The Labute approximate surface area is 172 Å². The molecule has 0 N–H and O–H groups in total. The molecule has 29 heavy (non-hydrogen) atoms. The summed E-state index contributed by atoms with van der Waals surface area (Å²) in [5.74, 6) is -1.38. The van der Waals surface area contributed by atoms with E-state index in [1.165, 1.54) is 12.1 Å². The molecular formula is C21H33NO7. The molecule has 0 aromatic carbocycles. The molecule has 0 amide bonds. The van der Waals surface area contributed by atoms with Crippen LogP contribution in [-0.4, -0.2) is 48.3 Å². The van der Waals surface area contributed by atoms with Crippen molar-refractivity contribution in [2.45, 2.75) is 66.9 Å². The quantitative estimate of drug-likeness (QED) is 0.342. The summed E-state index contributed by atoms with van der Waals surface area (Å²) in [5.41, 5.74) is -0.638. The molecule has 0 atom stereocenters. The van der Waals surface area contributed by atoms with Crippen molar-refractivity contribution in [1.82, 2.24) is 4.98 Å². The highest BCUT2D eigenvalue weighted by molar-refractivity contribution is 5.92. The first kappa shape index (κ1) is 26.4. The molecule has 164 valence electrons. The molecule has 0 unspecified atom stereocenters. The zero-order valence-electron chi connectivity index (χ0n) is 18.5. The maximum absolute atomic E-state index is 11.9. The van der Waals surface area contributed by atoms with Crippen LogP contribution in [-0.2, 0) is 19.0 Å². The molecule has 8 heteroatoms. The molecule has 1 aromatic heterocycles. The van der Waals surface area contributed by atoms with Crippen LogP contribution in [0.25, 0.3) is 0 Å². The van der Waals surface area contributed by atoms with E-state index in [1.807, 2.05) is 13.8 Å². The Bertz CT molecular complexity index is 629. The van der Waals surface area contributed by atoms with Gasteiger partial charge in [0.1, 0.15) is 11.4 Å². The molecule has 0 spiro atoms. The number of rotatable bonds is 9. The van der Waals surface area contributed by atoms with Gasteiger partial charge in [-0.15, -0.1) is 0 Å². The van der Waals surface area contributed by atoms with Crippen molar-refractivity contribution in [3.63, 3.8) is 0 Å². The molecule has 0 saturated heterocycles. The molecule has 1 rings (SSSR count). The lowest BCUT2D eigenvalue weighted by Gasteiger charge is -2.19. The number of hydrogen-bond donors (Lipinski definition) is 0. The van der Waals surface area contributed by atoms with Crippen LogP contribution in [0.4, 0.5) is 0 Å². The maximum atomic E-state index is 11.9. The van der Waals surface area contributed by atoms with Crippen molar-refractivity contribution >= 4 is 17.9 Å². The molecule has 0 aliphatic carbocycles. The van der Waals surface area contributed by atoms with E-state index < -0.39 is 17.5 Å². The number of esters is 3. The zero-order valence-corrected chi connectivity index (χ0v) is 18.5. The Morgan fingerprint density at radius 1 is 0.931 bits per heavy atom. The fourth-order valence-electron chi connectivity index (χ4n) is 2.01. The second kappa shape index (κ2) is 13.5. The van der Waals surface area contributed by atoms with Gasteiger partial charge in [0.15, 0.2) is 11.4 Å². The van der Waals surface area contributed by atoms with Crippen LogP contribution in [0, 0.1) is 0 Å². The van der Waals surface area contributed by atoms with Gasteiger partial charge >= 0.3 is 17.9 Å². The van der Waals surface area contributed by atoms with E-state index in [1.54, 1.807) is 34.6 Å². The van der Waals surface area contributed by atoms with Gasteiger partial charge in [0, 0.05) is 18.6 Å². The number of pyridine rings is 1. The number of hydrogen-bond acceptors (Lipinski definition) is 8. The monoisotopic (exact) mass is 411 g/mol. The summed E-state index contributed by atoms with van der Waals surface area (Å²) < 4.78 is 20.6. The summed E-state index contributed by atoms with van der Waals surface area (Å²) in [6, 6.07) is 2.77. The van der Waals surface area contributed by atoms with Crippen molar-refractivity contribution in [2.24, 2.45) is 0 Å². The highest BCUT2D eigenvalue weighted by Crippen LogP contribution is 2.17. The third-order valence-corrected chi connectivity index (χ3v) is 2.98. The Morgan fingerprint density at radius 3 is 1.83 bits per heavy atom. The molecule has 1 heterocycles. The summed E-state index contributed by atoms with van der Waals surface area (Å²) in [6.07, 6.45) is 0.610. The summed E-state index contributed by atoms with van der Waals surface area (Å²) >= 11 is 0. The van der Waals surface area contributed by atoms with Gasteiger partial charge in [-0.05, 0) is 41.0 Å². The Morgan fingerprint density at radius 2 is 1.41 bits per heavy atom. The normalized spacial score (nSPS) is 10.3. The standard InChI is InChI=1S/C19H27NO7.C2H6/c1-6-24-17(22)14-11-13(12-15(20-14)18(23)25-7-2)26-10-8-9-16(21)27-19(3,4)5;1-2/h11-12H,6-10H2,1-5H3;1-2H3. The molecule has 1 aromatic rings. The van der Waals surface area contributed by atoms with Crippen LogP contribution in [0.1, 0.15) is 82.3 Å². The van der Waals surface area contributed by atoms with E-state index in [9.17, 15) is 14.4 Å². The molecule has 0 aliphatic rings. The van der Waals surface area contributed by atoms with Crippen molar-refractivity contribution in [2.75, 3.05) is 19.8 Å². The topological polar surface area (TPSA) is 101 Å². The van der Waals surface area contributed by atoms with Gasteiger partial charge < -0.3 is 18.9 Å². The van der Waals surface area contributed by atoms with E-state index in [0.717, 1.165) is 0 Å². The van der Waals surface area contributed by atoms with Crippen LogP contribution in [0.3, 0.4) is 0 Å². The van der Waals surface area contributed by atoms with Gasteiger partial charge in [-0.1, -0.05) is 13.8 Å². The molecule has 0 saturated carbocycles. The van der Waals surface area contributed by atoms with Gasteiger partial charge in [0.2, 0.25) is 0 Å². The molecular weight excluding hydrogens is 378 g/mol. The Kier molecular flexibility index (Phi) is 12.3. The molecule has 0 bridgehead atoms. The summed E-state index contributed by atoms with van der Waals surface area (Å²) in [7, 11) is 0. The van der Waals surface area contributed by atoms with Gasteiger partial charge in [0.25, 0.3) is 0 Å². The fourth-order valence-corrected chi connectivity index (χ4v) is 2.01. The third-order valence-electron chi connectivity index (χ3n) is 2.98. The lowest BCUT2D eigenvalue weighted by Crippen LogP contribution is -2.24. The summed E-state index contributed by atoms with van der Waals surface area (Å²) in [6.45, 7) is 13.3. The van der Waals surface area contributed by atoms with E-state index in [-0.39, 0.29) is 49.3 Å². The summed E-state index contributed by atoms with van der Waals surface area (Å²) in [4.78, 5) is 39.5. The molecule has 0 aliphatic heterocycles. The van der Waals surface area contributed by atoms with Gasteiger partial charge in [-0.3, -0.25) is 4.79 Å². The van der Waals surface area contributed by atoms with Crippen LogP contribution in [0.5, 0.6) is 5.75 Å². The van der Waals surface area contributed by atoms with Gasteiger partial charge in [-0.25, -0.2) is 14.6 Å². The first-order chi connectivity index (χ1) is 13.7. The Balaban J connectivity index is 0.00000379. The van der Waals surface area contributed by atoms with E-state index in [0.29, 0.717) is 6.42 Å². The third kappa shape index (κ3) is 11.1. The number of carbonyl (C=O) groups excluding carboxylic acids is 3. The fraction of sp³-hybridized carbons (Fsp3) is 0.619. The van der Waals surface area contributed by atoms with Crippen molar-refractivity contribution in [1.29, 1.82) is 0 Å². The molecule has 8 nitrogen and oxygen atoms in total. The number of nitrogens with zero attached hydrogens (tertiary/aromatic N) is 1. The van der Waals surface area contributed by atoms with Crippen LogP contribution in [0.2, 0.25) is 0 Å². The van der Waals surface area contributed by atoms with Crippen molar-refractivity contribution < 1.29 is 33.3 Å². The number of aromatic nitrogens is 1. The van der Waals surface area contributed by atoms with Gasteiger partial charge in [0.05, 0.1) is 19.8 Å². The lowest BCUT2D eigenvalue weighted by atomic mass is 10.2. The molecule has 0 radical (unpaired) electrons. The first-order valence-corrected chi connectivity index (χ1v) is 9.87. The number of ether oxygens (including phenoxy) is 4. The minimum absolute atomic E-state index is 0.0513. The van der Waals surface area contributed by atoms with Crippen LogP contribution in [0.15, 0.2) is 12.1 Å². The van der Waals surface area contributed by atoms with E-state index >= 15 is 0 Å². The highest BCUT2D eigenvalue weighted by Gasteiger charge is 2.18. The smallest absolute Gasteiger partial charge is 0.357 e. The number of carbonyl (C=O) groups is 3. The minimum atomic E-state index is -0.665. The second-order valence-corrected chi connectivity index (χ2v) is 6.55. The van der Waals surface area contributed by atoms with Gasteiger partial charge in [-0.2, -0.15) is 0 Å².